The quantitative estimate of drug-likeness (QED) is 0.745. The van der Waals surface area contributed by atoms with Gasteiger partial charge in [-0.1, -0.05) is 41.1 Å². The van der Waals surface area contributed by atoms with Gasteiger partial charge in [0.25, 0.3) is 0 Å². The summed E-state index contributed by atoms with van der Waals surface area (Å²) in [6.07, 6.45) is 1.19. The Labute approximate surface area is 130 Å². The summed E-state index contributed by atoms with van der Waals surface area (Å²) in [5.41, 5.74) is 1.34. The lowest BCUT2D eigenvalue weighted by molar-refractivity contribution is 0.501. The fraction of sp³-hybridized carbons (Fsp3) is 0.412. The van der Waals surface area contributed by atoms with E-state index in [1.54, 1.807) is 0 Å². The van der Waals surface area contributed by atoms with Crippen molar-refractivity contribution in [2.24, 2.45) is 0 Å². The third kappa shape index (κ3) is 4.58. The normalized spacial score (nSPS) is 12.8. The first-order valence-electron chi connectivity index (χ1n) is 7.31. The second-order valence-electron chi connectivity index (χ2n) is 5.31. The van der Waals surface area contributed by atoms with E-state index < -0.39 is 0 Å². The molecule has 2 nitrogen and oxygen atoms in total. The lowest BCUT2D eigenvalue weighted by Gasteiger charge is -2.14. The van der Waals surface area contributed by atoms with E-state index in [1.165, 1.54) is 22.8 Å². The molecule has 0 aliphatic rings. The van der Waals surface area contributed by atoms with Crippen LogP contribution in [-0.4, -0.2) is 19.1 Å². The van der Waals surface area contributed by atoms with Crippen molar-refractivity contribution in [1.82, 2.24) is 10.6 Å². The van der Waals surface area contributed by atoms with Gasteiger partial charge in [0.15, 0.2) is 0 Å². The Morgan fingerprint density at radius 2 is 1.85 bits per heavy atom. The predicted molar refractivity (Wildman–Crippen MR) is 91.1 cm³/mol. The molecule has 0 spiro atoms. The van der Waals surface area contributed by atoms with Crippen LogP contribution in [0.1, 0.15) is 25.8 Å². The van der Waals surface area contributed by atoms with E-state index in [9.17, 15) is 0 Å². The van der Waals surface area contributed by atoms with Gasteiger partial charge in [-0.05, 0) is 54.4 Å². The van der Waals surface area contributed by atoms with E-state index >= 15 is 0 Å². The van der Waals surface area contributed by atoms with Crippen LogP contribution in [0.15, 0.2) is 40.9 Å². The van der Waals surface area contributed by atoms with E-state index in [0.717, 1.165) is 24.1 Å². The van der Waals surface area contributed by atoms with Crippen molar-refractivity contribution in [3.63, 3.8) is 0 Å². The SMILES string of the molecule is CCCNCC(C)NCc1ccc2cc(Br)ccc2c1. The molecule has 1 unspecified atom stereocenters. The first-order valence-corrected chi connectivity index (χ1v) is 8.10. The first-order chi connectivity index (χ1) is 9.69. The van der Waals surface area contributed by atoms with Crippen LogP contribution in [0, 0.1) is 0 Å². The number of fused-ring (bicyclic) bond motifs is 1. The van der Waals surface area contributed by atoms with Crippen LogP contribution in [0.4, 0.5) is 0 Å². The minimum Gasteiger partial charge on any atom is -0.315 e. The molecular formula is C17H23BrN2. The minimum atomic E-state index is 0.488. The molecule has 0 saturated heterocycles. The van der Waals surface area contributed by atoms with Gasteiger partial charge < -0.3 is 10.6 Å². The van der Waals surface area contributed by atoms with E-state index in [4.69, 9.17) is 0 Å². The number of benzene rings is 2. The molecule has 0 fully saturated rings. The van der Waals surface area contributed by atoms with Gasteiger partial charge in [-0.25, -0.2) is 0 Å². The first kappa shape index (κ1) is 15.5. The van der Waals surface area contributed by atoms with Gasteiger partial charge in [-0.2, -0.15) is 0 Å². The van der Waals surface area contributed by atoms with Gasteiger partial charge in [0.05, 0.1) is 0 Å². The summed E-state index contributed by atoms with van der Waals surface area (Å²) in [7, 11) is 0. The highest BCUT2D eigenvalue weighted by molar-refractivity contribution is 9.10. The number of hydrogen-bond acceptors (Lipinski definition) is 2. The minimum absolute atomic E-state index is 0.488. The molecule has 2 rings (SSSR count). The van der Waals surface area contributed by atoms with E-state index in [2.05, 4.69) is 76.8 Å². The summed E-state index contributed by atoms with van der Waals surface area (Å²) < 4.78 is 1.13. The highest BCUT2D eigenvalue weighted by atomic mass is 79.9. The van der Waals surface area contributed by atoms with Gasteiger partial charge in [0.2, 0.25) is 0 Å². The number of nitrogens with one attached hydrogen (secondary N) is 2. The topological polar surface area (TPSA) is 24.1 Å². The molecule has 108 valence electrons. The Hall–Kier alpha value is -0.900. The van der Waals surface area contributed by atoms with E-state index in [-0.39, 0.29) is 0 Å². The van der Waals surface area contributed by atoms with Crippen LogP contribution in [0.2, 0.25) is 0 Å². The summed E-state index contributed by atoms with van der Waals surface area (Å²) in [5, 5.41) is 9.58. The third-order valence-electron chi connectivity index (χ3n) is 3.40. The van der Waals surface area contributed by atoms with Gasteiger partial charge in [-0.3, -0.25) is 0 Å². The predicted octanol–water partition coefficient (Wildman–Crippen LogP) is 4.08. The Bertz CT molecular complexity index is 554. The second kappa shape index (κ2) is 7.77. The van der Waals surface area contributed by atoms with Gasteiger partial charge >= 0.3 is 0 Å². The zero-order valence-electron chi connectivity index (χ0n) is 12.2. The summed E-state index contributed by atoms with van der Waals surface area (Å²) in [6.45, 7) is 7.45. The standard InChI is InChI=1S/C17H23BrN2/c1-3-8-19-11-13(2)20-12-14-4-5-16-10-17(18)7-6-15(16)9-14/h4-7,9-10,13,19-20H,3,8,11-12H2,1-2H3. The molecule has 0 aliphatic carbocycles. The van der Waals surface area contributed by atoms with Crippen LogP contribution in [0.3, 0.4) is 0 Å². The summed E-state index contributed by atoms with van der Waals surface area (Å²) in [5.74, 6) is 0. The van der Waals surface area contributed by atoms with E-state index in [1.807, 2.05) is 0 Å². The Balaban J connectivity index is 1.91. The maximum atomic E-state index is 3.56. The average molecular weight is 335 g/mol. The van der Waals surface area contributed by atoms with Crippen LogP contribution in [0.25, 0.3) is 10.8 Å². The Kier molecular flexibility index (Phi) is 6.02. The third-order valence-corrected chi connectivity index (χ3v) is 3.89. The van der Waals surface area contributed by atoms with Crippen LogP contribution in [-0.2, 0) is 6.54 Å². The van der Waals surface area contributed by atoms with Crippen molar-refractivity contribution in [2.45, 2.75) is 32.9 Å². The van der Waals surface area contributed by atoms with Crippen LogP contribution >= 0.6 is 15.9 Å². The molecule has 0 saturated carbocycles. The highest BCUT2D eigenvalue weighted by Gasteiger charge is 2.02. The monoisotopic (exact) mass is 334 g/mol. The molecule has 0 radical (unpaired) electrons. The van der Waals surface area contributed by atoms with Crippen molar-refractivity contribution in [3.8, 4) is 0 Å². The molecule has 1 atom stereocenters. The van der Waals surface area contributed by atoms with Crippen molar-refractivity contribution in [3.05, 3.63) is 46.4 Å². The summed E-state index contributed by atoms with van der Waals surface area (Å²) in [4.78, 5) is 0. The zero-order valence-corrected chi connectivity index (χ0v) is 13.8. The molecule has 2 aromatic carbocycles. The number of hydrogen-bond donors (Lipinski definition) is 2. The van der Waals surface area contributed by atoms with Crippen LogP contribution in [0.5, 0.6) is 0 Å². The summed E-state index contributed by atoms with van der Waals surface area (Å²) in [6, 6.07) is 13.6. The second-order valence-corrected chi connectivity index (χ2v) is 6.23. The van der Waals surface area contributed by atoms with Crippen molar-refractivity contribution in [1.29, 1.82) is 0 Å². The highest BCUT2D eigenvalue weighted by Crippen LogP contribution is 2.20. The van der Waals surface area contributed by atoms with E-state index in [0.29, 0.717) is 6.04 Å². The van der Waals surface area contributed by atoms with Crippen molar-refractivity contribution >= 4 is 26.7 Å². The maximum absolute atomic E-state index is 3.56. The fourth-order valence-corrected chi connectivity index (χ4v) is 2.61. The zero-order chi connectivity index (χ0) is 14.4. The molecule has 0 aromatic heterocycles. The Morgan fingerprint density at radius 1 is 1.10 bits per heavy atom. The maximum Gasteiger partial charge on any atom is 0.0208 e. The van der Waals surface area contributed by atoms with Crippen LogP contribution < -0.4 is 10.6 Å². The van der Waals surface area contributed by atoms with Gasteiger partial charge in [0.1, 0.15) is 0 Å². The molecule has 3 heteroatoms. The van der Waals surface area contributed by atoms with Crippen molar-refractivity contribution < 1.29 is 0 Å². The fourth-order valence-electron chi connectivity index (χ4n) is 2.24. The summed E-state index contributed by atoms with van der Waals surface area (Å²) >= 11 is 3.51. The molecular weight excluding hydrogens is 312 g/mol. The molecule has 20 heavy (non-hydrogen) atoms. The average Bonchev–Trinajstić information content (AvgIpc) is 2.45. The van der Waals surface area contributed by atoms with Gasteiger partial charge in [0, 0.05) is 23.6 Å². The molecule has 2 N–H and O–H groups in total. The number of rotatable bonds is 7. The number of halogens is 1. The largest absolute Gasteiger partial charge is 0.315 e. The lowest BCUT2D eigenvalue weighted by atomic mass is 10.1. The molecule has 0 amide bonds. The molecule has 2 aromatic rings. The lowest BCUT2D eigenvalue weighted by Crippen LogP contribution is -2.36. The van der Waals surface area contributed by atoms with Gasteiger partial charge in [-0.15, -0.1) is 0 Å². The van der Waals surface area contributed by atoms with Crippen molar-refractivity contribution in [2.75, 3.05) is 13.1 Å². The molecule has 0 heterocycles. The smallest absolute Gasteiger partial charge is 0.0208 e. The molecule has 0 aliphatic heterocycles. The molecule has 0 bridgehead atoms. The Morgan fingerprint density at radius 3 is 2.65 bits per heavy atom.